The molecule has 0 aliphatic carbocycles. The number of nitrogens with one attached hydrogen (secondary N) is 2. The SMILES string of the molecule is CNc1cc(C(F)(F)F)cc(=O)[nH]1. The van der Waals surface area contributed by atoms with Crippen LogP contribution in [0, 0.1) is 0 Å². The van der Waals surface area contributed by atoms with Gasteiger partial charge >= 0.3 is 6.18 Å². The summed E-state index contributed by atoms with van der Waals surface area (Å²) in [6, 6.07) is 1.35. The Hall–Kier alpha value is -1.46. The normalized spacial score (nSPS) is 11.4. The van der Waals surface area contributed by atoms with Crippen LogP contribution >= 0.6 is 0 Å². The molecule has 13 heavy (non-hydrogen) atoms. The third-order valence-electron chi connectivity index (χ3n) is 1.44. The van der Waals surface area contributed by atoms with Crippen molar-refractivity contribution < 1.29 is 13.2 Å². The fourth-order valence-corrected chi connectivity index (χ4v) is 0.842. The third kappa shape index (κ3) is 2.24. The number of H-pyrrole nitrogens is 1. The van der Waals surface area contributed by atoms with E-state index in [1.807, 2.05) is 0 Å². The highest BCUT2D eigenvalue weighted by atomic mass is 19.4. The minimum absolute atomic E-state index is 0.0415. The monoisotopic (exact) mass is 192 g/mol. The Labute approximate surface area is 71.6 Å². The molecular weight excluding hydrogens is 185 g/mol. The molecule has 1 aromatic rings. The maximum Gasteiger partial charge on any atom is 0.416 e. The van der Waals surface area contributed by atoms with Gasteiger partial charge < -0.3 is 10.3 Å². The van der Waals surface area contributed by atoms with Crippen LogP contribution in [-0.2, 0) is 6.18 Å². The second-order valence-corrected chi connectivity index (χ2v) is 2.39. The highest BCUT2D eigenvalue weighted by Crippen LogP contribution is 2.28. The number of hydrogen-bond acceptors (Lipinski definition) is 2. The number of aromatic amines is 1. The number of anilines is 1. The highest BCUT2D eigenvalue weighted by Gasteiger charge is 2.31. The zero-order valence-electron chi connectivity index (χ0n) is 6.70. The minimum atomic E-state index is -4.49. The van der Waals surface area contributed by atoms with Crippen molar-refractivity contribution in [1.82, 2.24) is 4.98 Å². The summed E-state index contributed by atoms with van der Waals surface area (Å²) in [5.41, 5.74) is -1.74. The molecule has 0 atom stereocenters. The van der Waals surface area contributed by atoms with Crippen LogP contribution in [-0.4, -0.2) is 12.0 Å². The van der Waals surface area contributed by atoms with Crippen molar-refractivity contribution >= 4 is 5.82 Å². The van der Waals surface area contributed by atoms with E-state index in [0.717, 1.165) is 6.07 Å². The molecule has 0 bridgehead atoms. The first kappa shape index (κ1) is 9.63. The molecule has 0 radical (unpaired) electrons. The van der Waals surface area contributed by atoms with Crippen molar-refractivity contribution in [2.24, 2.45) is 0 Å². The van der Waals surface area contributed by atoms with Crippen LogP contribution < -0.4 is 10.9 Å². The maximum absolute atomic E-state index is 12.1. The van der Waals surface area contributed by atoms with Crippen molar-refractivity contribution in [2.45, 2.75) is 6.18 Å². The maximum atomic E-state index is 12.1. The Kier molecular flexibility index (Phi) is 2.31. The molecule has 6 heteroatoms. The number of halogens is 3. The summed E-state index contributed by atoms with van der Waals surface area (Å²) >= 11 is 0. The number of rotatable bonds is 1. The first-order valence-electron chi connectivity index (χ1n) is 3.43. The van der Waals surface area contributed by atoms with Crippen LogP contribution in [0.15, 0.2) is 16.9 Å². The van der Waals surface area contributed by atoms with Crippen molar-refractivity contribution in [2.75, 3.05) is 12.4 Å². The van der Waals surface area contributed by atoms with E-state index in [1.54, 1.807) is 0 Å². The van der Waals surface area contributed by atoms with Gasteiger partial charge in [-0.05, 0) is 6.07 Å². The van der Waals surface area contributed by atoms with Crippen LogP contribution in [0.4, 0.5) is 19.0 Å². The fourth-order valence-electron chi connectivity index (χ4n) is 0.842. The molecule has 0 unspecified atom stereocenters. The van der Waals surface area contributed by atoms with Gasteiger partial charge in [0.2, 0.25) is 5.56 Å². The van der Waals surface area contributed by atoms with Crippen LogP contribution in [0.3, 0.4) is 0 Å². The third-order valence-corrected chi connectivity index (χ3v) is 1.44. The van der Waals surface area contributed by atoms with Gasteiger partial charge in [0.15, 0.2) is 0 Å². The summed E-state index contributed by atoms with van der Waals surface area (Å²) in [6.45, 7) is 0. The van der Waals surface area contributed by atoms with Gasteiger partial charge in [0.05, 0.1) is 5.56 Å². The van der Waals surface area contributed by atoms with E-state index in [2.05, 4.69) is 10.3 Å². The first-order chi connectivity index (χ1) is 5.93. The van der Waals surface area contributed by atoms with Crippen molar-refractivity contribution in [3.05, 3.63) is 28.0 Å². The van der Waals surface area contributed by atoms with Gasteiger partial charge in [-0.2, -0.15) is 13.2 Å². The molecule has 0 saturated carbocycles. The highest BCUT2D eigenvalue weighted by molar-refractivity contribution is 5.37. The van der Waals surface area contributed by atoms with Gasteiger partial charge in [-0.15, -0.1) is 0 Å². The van der Waals surface area contributed by atoms with E-state index in [1.165, 1.54) is 7.05 Å². The number of aromatic nitrogens is 1. The molecule has 0 saturated heterocycles. The molecular formula is C7H7F3N2O. The smallest absolute Gasteiger partial charge is 0.375 e. The molecule has 0 fully saturated rings. The molecule has 0 aliphatic heterocycles. The predicted octanol–water partition coefficient (Wildman–Crippen LogP) is 1.44. The van der Waals surface area contributed by atoms with Crippen LogP contribution in [0.25, 0.3) is 0 Å². The van der Waals surface area contributed by atoms with Crippen LogP contribution in [0.1, 0.15) is 5.56 Å². The Morgan fingerprint density at radius 3 is 2.46 bits per heavy atom. The second-order valence-electron chi connectivity index (χ2n) is 2.39. The average Bonchev–Trinajstić information content (AvgIpc) is 2.01. The summed E-state index contributed by atoms with van der Waals surface area (Å²) in [4.78, 5) is 12.9. The molecule has 0 amide bonds. The standard InChI is InChI=1S/C7H7F3N2O/c1-11-5-2-4(7(8,9)10)3-6(13)12-5/h2-3H,1H3,(H2,11,12,13). The van der Waals surface area contributed by atoms with Gasteiger partial charge in [-0.25, -0.2) is 0 Å². The summed E-state index contributed by atoms with van der Waals surface area (Å²) < 4.78 is 36.3. The summed E-state index contributed by atoms with van der Waals surface area (Å²) in [6.07, 6.45) is -4.49. The fraction of sp³-hybridized carbons (Fsp3) is 0.286. The Morgan fingerprint density at radius 2 is 2.00 bits per heavy atom. The molecule has 2 N–H and O–H groups in total. The quantitative estimate of drug-likeness (QED) is 0.707. The zero-order chi connectivity index (χ0) is 10.1. The van der Waals surface area contributed by atoms with Gasteiger partial charge in [-0.1, -0.05) is 0 Å². The lowest BCUT2D eigenvalue weighted by molar-refractivity contribution is -0.137. The molecule has 3 nitrogen and oxygen atoms in total. The zero-order valence-corrected chi connectivity index (χ0v) is 6.70. The molecule has 1 heterocycles. The molecule has 1 aromatic heterocycles. The molecule has 1 rings (SSSR count). The van der Waals surface area contributed by atoms with Crippen molar-refractivity contribution in [3.8, 4) is 0 Å². The lowest BCUT2D eigenvalue weighted by Crippen LogP contribution is -2.14. The van der Waals surface area contributed by atoms with Gasteiger partial charge in [0, 0.05) is 13.1 Å². The number of hydrogen-bond donors (Lipinski definition) is 2. The predicted molar refractivity (Wildman–Crippen MR) is 41.6 cm³/mol. The average molecular weight is 192 g/mol. The summed E-state index contributed by atoms with van der Waals surface area (Å²) in [7, 11) is 1.42. The Morgan fingerprint density at radius 1 is 1.38 bits per heavy atom. The van der Waals surface area contributed by atoms with E-state index in [4.69, 9.17) is 0 Å². The summed E-state index contributed by atoms with van der Waals surface area (Å²) in [5, 5.41) is 2.42. The largest absolute Gasteiger partial charge is 0.416 e. The van der Waals surface area contributed by atoms with Gasteiger partial charge in [0.1, 0.15) is 5.82 Å². The lowest BCUT2D eigenvalue weighted by atomic mass is 10.2. The van der Waals surface area contributed by atoms with E-state index in [-0.39, 0.29) is 5.82 Å². The molecule has 0 spiro atoms. The number of pyridine rings is 1. The molecule has 72 valence electrons. The Bertz CT molecular complexity index is 355. The van der Waals surface area contributed by atoms with Crippen LogP contribution in [0.5, 0.6) is 0 Å². The van der Waals surface area contributed by atoms with E-state index >= 15 is 0 Å². The topological polar surface area (TPSA) is 44.9 Å². The summed E-state index contributed by atoms with van der Waals surface area (Å²) in [5.74, 6) is 0.0415. The van der Waals surface area contributed by atoms with Crippen molar-refractivity contribution in [1.29, 1.82) is 0 Å². The van der Waals surface area contributed by atoms with Gasteiger partial charge in [0.25, 0.3) is 0 Å². The molecule has 0 aliphatic rings. The lowest BCUT2D eigenvalue weighted by Gasteiger charge is -2.07. The second kappa shape index (κ2) is 3.12. The van der Waals surface area contributed by atoms with E-state index in [9.17, 15) is 18.0 Å². The van der Waals surface area contributed by atoms with Crippen LogP contribution in [0.2, 0.25) is 0 Å². The van der Waals surface area contributed by atoms with E-state index in [0.29, 0.717) is 6.07 Å². The Balaban J connectivity index is 3.24. The number of alkyl halides is 3. The first-order valence-corrected chi connectivity index (χ1v) is 3.43. The van der Waals surface area contributed by atoms with Gasteiger partial charge in [-0.3, -0.25) is 4.79 Å². The van der Waals surface area contributed by atoms with E-state index < -0.39 is 17.3 Å². The minimum Gasteiger partial charge on any atom is -0.375 e. The molecule has 0 aromatic carbocycles. The van der Waals surface area contributed by atoms with Crippen molar-refractivity contribution in [3.63, 3.8) is 0 Å².